The second kappa shape index (κ2) is 7.02. The van der Waals surface area contributed by atoms with Gasteiger partial charge in [0.1, 0.15) is 0 Å². The molecule has 0 aromatic rings. The smallest absolute Gasteiger partial charge is 0.246 e. The van der Waals surface area contributed by atoms with Crippen molar-refractivity contribution in [2.24, 2.45) is 17.3 Å². The monoisotopic (exact) mass is 303 g/mol. The molecule has 1 aliphatic carbocycles. The molecule has 0 saturated heterocycles. The molecular weight excluding hydrogens is 270 g/mol. The van der Waals surface area contributed by atoms with E-state index < -0.39 is 0 Å². The summed E-state index contributed by atoms with van der Waals surface area (Å²) in [5.41, 5.74) is 3.12. The maximum absolute atomic E-state index is 12.1. The van der Waals surface area contributed by atoms with E-state index in [0.29, 0.717) is 17.3 Å². The molecular formula is C20H33NO. The highest BCUT2D eigenvalue weighted by molar-refractivity contribution is 5.91. The van der Waals surface area contributed by atoms with Crippen molar-refractivity contribution in [3.8, 4) is 0 Å². The zero-order valence-corrected chi connectivity index (χ0v) is 15.0. The topological polar surface area (TPSA) is 20.3 Å². The quantitative estimate of drug-likeness (QED) is 0.635. The van der Waals surface area contributed by atoms with E-state index in [4.69, 9.17) is 0 Å². The van der Waals surface area contributed by atoms with Crippen molar-refractivity contribution in [2.45, 2.75) is 66.2 Å². The molecule has 2 atom stereocenters. The van der Waals surface area contributed by atoms with E-state index in [2.05, 4.69) is 34.3 Å². The van der Waals surface area contributed by atoms with Gasteiger partial charge in [-0.05, 0) is 54.9 Å². The van der Waals surface area contributed by atoms with Crippen molar-refractivity contribution in [2.75, 3.05) is 13.1 Å². The van der Waals surface area contributed by atoms with Crippen molar-refractivity contribution in [1.29, 1.82) is 0 Å². The van der Waals surface area contributed by atoms with Gasteiger partial charge in [-0.25, -0.2) is 0 Å². The number of carbonyl (C=O) groups excluding carboxylic acids is 1. The zero-order chi connectivity index (χ0) is 16.3. The molecule has 124 valence electrons. The standard InChI is InChI=1S/C20H33NO/c1-6-15(2)13-21-14-17(12-19(21)22)9-10-18-16(3)8-7-11-20(18,4)5/h12,15,18H,3,6-11,13-14H2,1-2,4-5H3. The van der Waals surface area contributed by atoms with E-state index in [0.717, 1.165) is 32.4 Å². The van der Waals surface area contributed by atoms with Crippen molar-refractivity contribution in [3.05, 3.63) is 23.8 Å². The Morgan fingerprint density at radius 2 is 2.18 bits per heavy atom. The van der Waals surface area contributed by atoms with E-state index in [9.17, 15) is 4.79 Å². The van der Waals surface area contributed by atoms with E-state index in [1.807, 2.05) is 11.0 Å². The van der Waals surface area contributed by atoms with Gasteiger partial charge in [-0.3, -0.25) is 4.79 Å². The first kappa shape index (κ1) is 17.3. The van der Waals surface area contributed by atoms with Gasteiger partial charge in [0.25, 0.3) is 0 Å². The number of hydrogen-bond donors (Lipinski definition) is 0. The summed E-state index contributed by atoms with van der Waals surface area (Å²) in [6, 6.07) is 0. The molecule has 1 amide bonds. The van der Waals surface area contributed by atoms with Gasteiger partial charge in [0, 0.05) is 19.2 Å². The fraction of sp³-hybridized carbons (Fsp3) is 0.750. The van der Waals surface area contributed by atoms with Crippen LogP contribution in [0.3, 0.4) is 0 Å². The maximum atomic E-state index is 12.1. The molecule has 0 radical (unpaired) electrons. The van der Waals surface area contributed by atoms with Gasteiger partial charge in [0.15, 0.2) is 0 Å². The van der Waals surface area contributed by atoms with Gasteiger partial charge in [0.05, 0.1) is 0 Å². The minimum absolute atomic E-state index is 0.219. The van der Waals surface area contributed by atoms with Crippen LogP contribution >= 0.6 is 0 Å². The predicted molar refractivity (Wildman–Crippen MR) is 93.6 cm³/mol. The molecule has 1 aliphatic heterocycles. The summed E-state index contributed by atoms with van der Waals surface area (Å²) in [6.07, 6.45) is 9.00. The molecule has 2 aliphatic rings. The fourth-order valence-electron chi connectivity index (χ4n) is 4.04. The summed E-state index contributed by atoms with van der Waals surface area (Å²) in [4.78, 5) is 14.1. The summed E-state index contributed by atoms with van der Waals surface area (Å²) in [7, 11) is 0. The summed E-state index contributed by atoms with van der Waals surface area (Å²) < 4.78 is 0. The molecule has 0 spiro atoms. The van der Waals surface area contributed by atoms with Gasteiger partial charge >= 0.3 is 0 Å². The molecule has 1 saturated carbocycles. The molecule has 0 N–H and O–H groups in total. The van der Waals surface area contributed by atoms with Crippen LogP contribution in [0.4, 0.5) is 0 Å². The average molecular weight is 303 g/mol. The lowest BCUT2D eigenvalue weighted by Crippen LogP contribution is -2.31. The lowest BCUT2D eigenvalue weighted by molar-refractivity contribution is -0.125. The summed E-state index contributed by atoms with van der Waals surface area (Å²) >= 11 is 0. The zero-order valence-electron chi connectivity index (χ0n) is 15.0. The number of hydrogen-bond acceptors (Lipinski definition) is 1. The molecule has 0 aromatic carbocycles. The van der Waals surface area contributed by atoms with E-state index in [1.165, 1.54) is 30.4 Å². The number of amides is 1. The molecule has 0 aromatic heterocycles. The average Bonchev–Trinajstić information content (AvgIpc) is 2.77. The molecule has 2 heteroatoms. The first-order chi connectivity index (χ1) is 10.3. The maximum Gasteiger partial charge on any atom is 0.246 e. The van der Waals surface area contributed by atoms with Crippen LogP contribution in [0.25, 0.3) is 0 Å². The second-order valence-corrected chi connectivity index (χ2v) is 8.13. The number of nitrogens with zero attached hydrogens (tertiary/aromatic N) is 1. The Kier molecular flexibility index (Phi) is 5.52. The van der Waals surface area contributed by atoms with Crippen LogP contribution in [-0.4, -0.2) is 23.9 Å². The minimum atomic E-state index is 0.219. The van der Waals surface area contributed by atoms with Crippen molar-refractivity contribution < 1.29 is 4.79 Å². The lowest BCUT2D eigenvalue weighted by Gasteiger charge is -2.40. The highest BCUT2D eigenvalue weighted by atomic mass is 16.2. The van der Waals surface area contributed by atoms with E-state index in [1.54, 1.807) is 0 Å². The number of allylic oxidation sites excluding steroid dienone is 1. The lowest BCUT2D eigenvalue weighted by atomic mass is 9.65. The SMILES string of the molecule is C=C1CCCC(C)(C)C1CCC1=CC(=O)N(CC(C)CC)C1. The normalized spacial score (nSPS) is 26.3. The van der Waals surface area contributed by atoms with Crippen LogP contribution in [-0.2, 0) is 4.79 Å². The van der Waals surface area contributed by atoms with Gasteiger partial charge in [-0.2, -0.15) is 0 Å². The molecule has 0 bridgehead atoms. The number of carbonyl (C=O) groups is 1. The number of rotatable bonds is 6. The van der Waals surface area contributed by atoms with Gasteiger partial charge in [-0.1, -0.05) is 46.3 Å². The van der Waals surface area contributed by atoms with Crippen molar-refractivity contribution in [1.82, 2.24) is 4.90 Å². The minimum Gasteiger partial charge on any atom is -0.335 e. The van der Waals surface area contributed by atoms with Crippen LogP contribution in [0.2, 0.25) is 0 Å². The summed E-state index contributed by atoms with van der Waals surface area (Å²) in [5.74, 6) is 1.42. The highest BCUT2D eigenvalue weighted by Crippen LogP contribution is 2.45. The van der Waals surface area contributed by atoms with E-state index >= 15 is 0 Å². The largest absolute Gasteiger partial charge is 0.335 e. The summed E-state index contributed by atoms with van der Waals surface area (Å²) in [6.45, 7) is 15.2. The van der Waals surface area contributed by atoms with Gasteiger partial charge < -0.3 is 4.90 Å². The van der Waals surface area contributed by atoms with Crippen LogP contribution in [0, 0.1) is 17.3 Å². The Morgan fingerprint density at radius 3 is 2.82 bits per heavy atom. The Hall–Kier alpha value is -1.05. The van der Waals surface area contributed by atoms with Crippen LogP contribution < -0.4 is 0 Å². The Bertz CT molecular complexity index is 460. The van der Waals surface area contributed by atoms with Crippen LogP contribution in [0.5, 0.6) is 0 Å². The molecule has 2 unspecified atom stereocenters. The van der Waals surface area contributed by atoms with E-state index in [-0.39, 0.29) is 5.91 Å². The second-order valence-electron chi connectivity index (χ2n) is 8.13. The Balaban J connectivity index is 1.88. The highest BCUT2D eigenvalue weighted by Gasteiger charge is 2.34. The summed E-state index contributed by atoms with van der Waals surface area (Å²) in [5, 5.41) is 0. The Morgan fingerprint density at radius 1 is 1.45 bits per heavy atom. The third kappa shape index (κ3) is 4.02. The van der Waals surface area contributed by atoms with Gasteiger partial charge in [0.2, 0.25) is 5.91 Å². The molecule has 1 heterocycles. The third-order valence-corrected chi connectivity index (χ3v) is 5.77. The molecule has 22 heavy (non-hydrogen) atoms. The van der Waals surface area contributed by atoms with Crippen LogP contribution in [0.15, 0.2) is 23.8 Å². The molecule has 2 nitrogen and oxygen atoms in total. The van der Waals surface area contributed by atoms with Crippen molar-refractivity contribution >= 4 is 5.91 Å². The van der Waals surface area contributed by atoms with Crippen molar-refractivity contribution in [3.63, 3.8) is 0 Å². The first-order valence-corrected chi connectivity index (χ1v) is 8.99. The first-order valence-electron chi connectivity index (χ1n) is 8.99. The third-order valence-electron chi connectivity index (χ3n) is 5.77. The fourth-order valence-corrected chi connectivity index (χ4v) is 4.04. The van der Waals surface area contributed by atoms with Gasteiger partial charge in [-0.15, -0.1) is 0 Å². The predicted octanol–water partition coefficient (Wildman–Crippen LogP) is 4.96. The Labute approximate surface area is 136 Å². The molecule has 2 rings (SSSR count). The molecule has 1 fully saturated rings. The van der Waals surface area contributed by atoms with Crippen LogP contribution in [0.1, 0.15) is 66.2 Å².